The summed E-state index contributed by atoms with van der Waals surface area (Å²) in [4.78, 5) is 23.2. The number of benzene rings is 2. The monoisotopic (exact) mass is 500 g/mol. The van der Waals surface area contributed by atoms with E-state index in [1.54, 1.807) is 54.2 Å². The van der Waals surface area contributed by atoms with Crippen molar-refractivity contribution in [2.75, 3.05) is 5.32 Å². The molecule has 0 aliphatic carbocycles. The number of furan rings is 1. The molecule has 0 saturated heterocycles. The van der Waals surface area contributed by atoms with Gasteiger partial charge in [-0.05, 0) is 42.8 Å². The fraction of sp³-hybridized carbons (Fsp3) is 0.130. The number of nitrogens with zero attached hydrogens (tertiary/aromatic N) is 3. The van der Waals surface area contributed by atoms with Gasteiger partial charge in [0.25, 0.3) is 5.91 Å². The molecule has 0 aliphatic heterocycles. The molecule has 4 rings (SSSR count). The fourth-order valence-electron chi connectivity index (χ4n) is 3.16. The second-order valence-electron chi connectivity index (χ2n) is 7.34. The van der Waals surface area contributed by atoms with Gasteiger partial charge in [0.2, 0.25) is 0 Å². The highest BCUT2D eigenvalue weighted by Gasteiger charge is 2.17. The maximum Gasteiger partial charge on any atom is 0.311 e. The number of ether oxygens (including phenoxy) is 1. The van der Waals surface area contributed by atoms with Crippen molar-refractivity contribution in [1.82, 2.24) is 9.78 Å². The van der Waals surface area contributed by atoms with E-state index in [2.05, 4.69) is 10.4 Å². The van der Waals surface area contributed by atoms with E-state index in [9.17, 15) is 14.9 Å². The molecule has 174 valence electrons. The molecule has 9 nitrogen and oxygen atoms in total. The highest BCUT2D eigenvalue weighted by molar-refractivity contribution is 6.35. The molecule has 34 heavy (non-hydrogen) atoms. The van der Waals surface area contributed by atoms with Gasteiger partial charge in [-0.1, -0.05) is 35.3 Å². The van der Waals surface area contributed by atoms with Crippen molar-refractivity contribution in [3.05, 3.63) is 104 Å². The van der Waals surface area contributed by atoms with Gasteiger partial charge in [0, 0.05) is 33.9 Å². The van der Waals surface area contributed by atoms with Crippen LogP contribution in [-0.4, -0.2) is 20.6 Å². The largest absolute Gasteiger partial charge is 0.479 e. The van der Waals surface area contributed by atoms with Crippen LogP contribution in [0, 0.1) is 17.0 Å². The van der Waals surface area contributed by atoms with Gasteiger partial charge < -0.3 is 14.5 Å². The minimum Gasteiger partial charge on any atom is -0.479 e. The Kier molecular flexibility index (Phi) is 6.85. The highest BCUT2D eigenvalue weighted by Crippen LogP contribution is 2.29. The van der Waals surface area contributed by atoms with Crippen molar-refractivity contribution in [1.29, 1.82) is 0 Å². The second-order valence-corrected chi connectivity index (χ2v) is 8.15. The fourth-order valence-corrected chi connectivity index (χ4v) is 3.68. The van der Waals surface area contributed by atoms with E-state index < -0.39 is 10.8 Å². The number of aromatic nitrogens is 2. The van der Waals surface area contributed by atoms with Gasteiger partial charge in [0.05, 0.1) is 11.5 Å². The Bertz CT molecular complexity index is 1340. The summed E-state index contributed by atoms with van der Waals surface area (Å²) in [5, 5.41) is 19.2. The highest BCUT2D eigenvalue weighted by atomic mass is 35.5. The van der Waals surface area contributed by atoms with Crippen molar-refractivity contribution in [2.45, 2.75) is 20.1 Å². The number of carbonyl (C=O) groups is 1. The molecule has 1 amide bonds. The van der Waals surface area contributed by atoms with E-state index >= 15 is 0 Å². The van der Waals surface area contributed by atoms with Crippen molar-refractivity contribution in [3.8, 4) is 5.75 Å². The Morgan fingerprint density at radius 2 is 1.94 bits per heavy atom. The predicted molar refractivity (Wildman–Crippen MR) is 127 cm³/mol. The molecule has 4 aromatic rings. The number of hydrogen-bond acceptors (Lipinski definition) is 6. The van der Waals surface area contributed by atoms with Crippen LogP contribution in [0.25, 0.3) is 0 Å². The molecule has 0 fully saturated rings. The standard InChI is InChI=1S/C23H18Cl2N4O5/c1-14-5-7-20(19(11-14)29(31)32)33-13-15-6-8-21(34-15)23(30)26-22-9-10-28(27-22)12-16-17(24)3-2-4-18(16)25/h2-11H,12-13H2,1H3,(H,26,27,30). The van der Waals surface area contributed by atoms with E-state index in [4.69, 9.17) is 32.4 Å². The van der Waals surface area contributed by atoms with Gasteiger partial charge in [-0.2, -0.15) is 5.10 Å². The molecule has 0 bridgehead atoms. The lowest BCUT2D eigenvalue weighted by molar-refractivity contribution is -0.386. The number of carbonyl (C=O) groups excluding carboxylic acids is 1. The number of aryl methyl sites for hydroxylation is 1. The topological polar surface area (TPSA) is 112 Å². The van der Waals surface area contributed by atoms with Crippen LogP contribution in [0.4, 0.5) is 11.5 Å². The molecular formula is C23H18Cl2N4O5. The van der Waals surface area contributed by atoms with Crippen LogP contribution in [0.15, 0.2) is 65.2 Å². The van der Waals surface area contributed by atoms with Gasteiger partial charge in [-0.3, -0.25) is 19.6 Å². The molecule has 0 radical (unpaired) electrons. The first-order valence-electron chi connectivity index (χ1n) is 10.0. The summed E-state index contributed by atoms with van der Waals surface area (Å²) in [6, 6.07) is 14.6. The van der Waals surface area contributed by atoms with Gasteiger partial charge in [-0.25, -0.2) is 0 Å². The summed E-state index contributed by atoms with van der Waals surface area (Å²) in [7, 11) is 0. The first kappa shape index (κ1) is 23.3. The molecule has 2 aromatic heterocycles. The van der Waals surface area contributed by atoms with Gasteiger partial charge in [-0.15, -0.1) is 0 Å². The number of hydrogen-bond donors (Lipinski definition) is 1. The smallest absolute Gasteiger partial charge is 0.311 e. The molecule has 0 saturated carbocycles. The summed E-state index contributed by atoms with van der Waals surface area (Å²) in [5.74, 6) is 0.299. The minimum absolute atomic E-state index is 0.0423. The summed E-state index contributed by atoms with van der Waals surface area (Å²) in [6.07, 6.45) is 1.69. The van der Waals surface area contributed by atoms with Crippen molar-refractivity contribution in [3.63, 3.8) is 0 Å². The van der Waals surface area contributed by atoms with Crippen molar-refractivity contribution < 1.29 is 18.9 Å². The lowest BCUT2D eigenvalue weighted by Crippen LogP contribution is -2.12. The molecule has 2 aromatic carbocycles. The minimum atomic E-state index is -0.512. The molecule has 0 aliphatic rings. The quantitative estimate of drug-likeness (QED) is 0.238. The van der Waals surface area contributed by atoms with Crippen LogP contribution in [0.1, 0.15) is 27.4 Å². The molecule has 0 unspecified atom stereocenters. The third kappa shape index (κ3) is 5.38. The number of rotatable bonds is 8. The number of amides is 1. The Balaban J connectivity index is 1.38. The first-order chi connectivity index (χ1) is 16.3. The first-order valence-corrected chi connectivity index (χ1v) is 10.8. The van der Waals surface area contributed by atoms with Crippen molar-refractivity contribution in [2.24, 2.45) is 0 Å². The van der Waals surface area contributed by atoms with Crippen molar-refractivity contribution >= 4 is 40.6 Å². The van der Waals surface area contributed by atoms with E-state index in [-0.39, 0.29) is 23.8 Å². The van der Waals surface area contributed by atoms with Crippen LogP contribution in [0.3, 0.4) is 0 Å². The zero-order chi connectivity index (χ0) is 24.2. The summed E-state index contributed by atoms with van der Waals surface area (Å²) in [6.45, 7) is 2.01. The average Bonchev–Trinajstić information content (AvgIpc) is 3.45. The second kappa shape index (κ2) is 9.98. The Morgan fingerprint density at radius 1 is 1.18 bits per heavy atom. The van der Waals surface area contributed by atoms with Crippen LogP contribution in [0.2, 0.25) is 10.0 Å². The molecule has 0 atom stereocenters. The number of nitro benzene ring substituents is 1. The number of nitro groups is 1. The maximum absolute atomic E-state index is 12.5. The Morgan fingerprint density at radius 3 is 2.68 bits per heavy atom. The van der Waals surface area contributed by atoms with Crippen LogP contribution in [0.5, 0.6) is 5.75 Å². The SMILES string of the molecule is Cc1ccc(OCc2ccc(C(=O)Nc3ccn(Cc4c(Cl)cccc4Cl)n3)o2)c([N+](=O)[O-])c1. The lowest BCUT2D eigenvalue weighted by Gasteiger charge is -2.07. The molecule has 1 N–H and O–H groups in total. The summed E-state index contributed by atoms with van der Waals surface area (Å²) >= 11 is 12.4. The third-order valence-corrected chi connectivity index (χ3v) is 5.54. The van der Waals surface area contributed by atoms with Gasteiger partial charge in [0.15, 0.2) is 17.3 Å². The molecule has 11 heteroatoms. The van der Waals surface area contributed by atoms with Crippen LogP contribution in [-0.2, 0) is 13.2 Å². The molecular weight excluding hydrogens is 483 g/mol. The zero-order valence-corrected chi connectivity index (χ0v) is 19.3. The number of halogens is 2. The Labute approximate surface area is 204 Å². The molecule has 2 heterocycles. The summed E-state index contributed by atoms with van der Waals surface area (Å²) in [5.41, 5.74) is 1.32. The normalized spacial score (nSPS) is 10.8. The van der Waals surface area contributed by atoms with E-state index in [1.807, 2.05) is 0 Å². The molecule has 0 spiro atoms. The third-order valence-electron chi connectivity index (χ3n) is 4.83. The van der Waals surface area contributed by atoms with Gasteiger partial charge in [0.1, 0.15) is 12.4 Å². The lowest BCUT2D eigenvalue weighted by atomic mass is 10.2. The van der Waals surface area contributed by atoms with Crippen LogP contribution >= 0.6 is 23.2 Å². The van der Waals surface area contributed by atoms with Crippen LogP contribution < -0.4 is 10.1 Å². The number of anilines is 1. The predicted octanol–water partition coefficient (Wildman–Crippen LogP) is 5.88. The van der Waals surface area contributed by atoms with Gasteiger partial charge >= 0.3 is 5.69 Å². The summed E-state index contributed by atoms with van der Waals surface area (Å²) < 4.78 is 12.6. The average molecular weight is 501 g/mol. The zero-order valence-electron chi connectivity index (χ0n) is 17.8. The van der Waals surface area contributed by atoms with E-state index in [0.717, 1.165) is 11.1 Å². The number of nitrogens with one attached hydrogen (secondary N) is 1. The van der Waals surface area contributed by atoms with E-state index in [0.29, 0.717) is 28.2 Å². The Hall–Kier alpha value is -3.82. The van der Waals surface area contributed by atoms with E-state index in [1.165, 1.54) is 18.2 Å². The maximum atomic E-state index is 12.5.